The summed E-state index contributed by atoms with van der Waals surface area (Å²) in [5.41, 5.74) is 1.04. The van der Waals surface area contributed by atoms with Gasteiger partial charge in [-0.15, -0.1) is 4.52 Å². The molecule has 0 spiro atoms. The van der Waals surface area contributed by atoms with Gasteiger partial charge in [0, 0.05) is 10.0 Å². The van der Waals surface area contributed by atoms with Crippen molar-refractivity contribution in [1.29, 1.82) is 0 Å². The number of benzene rings is 1. The van der Waals surface area contributed by atoms with Crippen LogP contribution in [0.3, 0.4) is 0 Å². The Balaban J connectivity index is 2.54. The Morgan fingerprint density at radius 1 is 1.38 bits per heavy atom. The molecule has 0 radical (unpaired) electrons. The van der Waals surface area contributed by atoms with Crippen LogP contribution in [0.5, 0.6) is 0 Å². The highest BCUT2D eigenvalue weighted by molar-refractivity contribution is 9.10. The Hall–Kier alpha value is -0.240. The van der Waals surface area contributed by atoms with E-state index in [0.717, 1.165) is 10.0 Å². The second-order valence-corrected chi connectivity index (χ2v) is 4.69. The van der Waals surface area contributed by atoms with E-state index in [0.29, 0.717) is 12.8 Å². The van der Waals surface area contributed by atoms with Gasteiger partial charge >= 0.3 is 8.03 Å². The van der Waals surface area contributed by atoms with Gasteiger partial charge in [-0.25, -0.2) is 0 Å². The van der Waals surface area contributed by atoms with Crippen molar-refractivity contribution in [1.82, 2.24) is 0 Å². The molecule has 0 amide bonds. The van der Waals surface area contributed by atoms with Gasteiger partial charge in [0.2, 0.25) is 6.16 Å². The van der Waals surface area contributed by atoms with Gasteiger partial charge in [0.25, 0.3) is 0 Å². The Morgan fingerprint density at radius 3 is 2.54 bits per heavy atom. The van der Waals surface area contributed by atoms with Crippen molar-refractivity contribution in [3.63, 3.8) is 0 Å². The second kappa shape index (κ2) is 5.48. The topological polar surface area (TPSA) is 26.3 Å². The summed E-state index contributed by atoms with van der Waals surface area (Å²) in [5.74, 6) is 0. The van der Waals surface area contributed by atoms with E-state index >= 15 is 0 Å². The Bertz CT molecular complexity index is 284. The van der Waals surface area contributed by atoms with Gasteiger partial charge in [-0.3, -0.25) is 0 Å². The quantitative estimate of drug-likeness (QED) is 0.773. The van der Waals surface area contributed by atoms with Crippen molar-refractivity contribution in [2.75, 3.05) is 6.61 Å². The summed E-state index contributed by atoms with van der Waals surface area (Å²) in [5, 5.41) is 0. The summed E-state index contributed by atoms with van der Waals surface area (Å²) >= 11 is 3.34. The number of hydrogen-bond acceptors (Lipinski definition) is 2. The van der Waals surface area contributed by atoms with Crippen molar-refractivity contribution in [3.8, 4) is 0 Å². The molecule has 0 aromatic heterocycles. The number of halogens is 1. The lowest BCUT2D eigenvalue weighted by Crippen LogP contribution is -1.83. The van der Waals surface area contributed by atoms with Gasteiger partial charge in [-0.2, -0.15) is 0 Å². The lowest BCUT2D eigenvalue weighted by molar-refractivity contribution is 0.350. The largest absolute Gasteiger partial charge is 0.512 e. The minimum Gasteiger partial charge on any atom is -0.146 e. The first-order valence-electron chi connectivity index (χ1n) is 4.04. The maximum absolute atomic E-state index is 11.2. The first-order valence-corrected chi connectivity index (χ1v) is 6.20. The summed E-state index contributed by atoms with van der Waals surface area (Å²) in [6.07, 6.45) is 0.496. The zero-order valence-electron chi connectivity index (χ0n) is 7.37. The van der Waals surface area contributed by atoms with Crippen LogP contribution in [-0.2, 0) is 15.3 Å². The van der Waals surface area contributed by atoms with Crippen molar-refractivity contribution in [2.24, 2.45) is 0 Å². The lowest BCUT2D eigenvalue weighted by atomic mass is 10.2. The van der Waals surface area contributed by atoms with Gasteiger partial charge in [0.1, 0.15) is 0 Å². The molecule has 0 fully saturated rings. The normalized spacial score (nSPS) is 11.4. The molecule has 0 bridgehead atoms. The molecule has 1 aromatic rings. The Labute approximate surface area is 87.3 Å². The molecule has 0 aliphatic rings. The Kier molecular flexibility index (Phi) is 4.57. The van der Waals surface area contributed by atoms with Crippen molar-refractivity contribution in [3.05, 3.63) is 34.3 Å². The van der Waals surface area contributed by atoms with Crippen LogP contribution >= 0.6 is 24.0 Å². The molecule has 70 valence electrons. The Morgan fingerprint density at radius 2 is 2.00 bits per heavy atom. The zero-order valence-corrected chi connectivity index (χ0v) is 9.85. The summed E-state index contributed by atoms with van der Waals surface area (Å²) in [4.78, 5) is 0. The fraction of sp³-hybridized carbons (Fsp3) is 0.333. The fourth-order valence-electron chi connectivity index (χ4n) is 0.929. The molecule has 4 heteroatoms. The van der Waals surface area contributed by atoms with E-state index in [4.69, 9.17) is 4.52 Å². The lowest BCUT2D eigenvalue weighted by Gasteiger charge is -1.92. The minimum atomic E-state index is -1.53. The van der Waals surface area contributed by atoms with E-state index in [-0.39, 0.29) is 0 Å². The standard InChI is InChI=1S/C9H11BrO2P/c1-2-12-13(11)7-8-3-5-9(10)6-4-8/h3-6H,2,7H2,1H3/q+1. The first kappa shape index (κ1) is 10.8. The summed E-state index contributed by atoms with van der Waals surface area (Å²) < 4.78 is 17.2. The molecule has 1 rings (SSSR count). The zero-order chi connectivity index (χ0) is 9.68. The summed E-state index contributed by atoms with van der Waals surface area (Å²) in [7, 11) is -1.53. The first-order chi connectivity index (χ1) is 6.22. The van der Waals surface area contributed by atoms with E-state index in [1.807, 2.05) is 31.2 Å². The molecule has 0 saturated heterocycles. The van der Waals surface area contributed by atoms with E-state index in [1.54, 1.807) is 0 Å². The SMILES string of the molecule is CCO[P+](=O)Cc1ccc(Br)cc1. The highest BCUT2D eigenvalue weighted by Gasteiger charge is 2.16. The summed E-state index contributed by atoms with van der Waals surface area (Å²) in [6, 6.07) is 7.75. The molecule has 1 atom stereocenters. The van der Waals surface area contributed by atoms with Crippen LogP contribution in [0.25, 0.3) is 0 Å². The van der Waals surface area contributed by atoms with Gasteiger partial charge in [0.05, 0.1) is 6.61 Å². The van der Waals surface area contributed by atoms with Gasteiger partial charge < -0.3 is 0 Å². The smallest absolute Gasteiger partial charge is 0.146 e. The third-order valence-electron chi connectivity index (χ3n) is 1.50. The number of hydrogen-bond donors (Lipinski definition) is 0. The van der Waals surface area contributed by atoms with Crippen molar-refractivity contribution >= 4 is 24.0 Å². The predicted molar refractivity (Wildman–Crippen MR) is 57.1 cm³/mol. The fourth-order valence-corrected chi connectivity index (χ4v) is 2.08. The van der Waals surface area contributed by atoms with E-state index < -0.39 is 8.03 Å². The molecular weight excluding hydrogens is 251 g/mol. The molecule has 1 aromatic carbocycles. The average molecular weight is 262 g/mol. The molecule has 1 unspecified atom stereocenters. The maximum atomic E-state index is 11.2. The third kappa shape index (κ3) is 3.99. The van der Waals surface area contributed by atoms with Crippen LogP contribution in [0, 0.1) is 0 Å². The summed E-state index contributed by atoms with van der Waals surface area (Å²) in [6.45, 7) is 2.35. The highest BCUT2D eigenvalue weighted by atomic mass is 79.9. The molecule has 0 aliphatic carbocycles. The van der Waals surface area contributed by atoms with Crippen LogP contribution in [-0.4, -0.2) is 6.61 Å². The molecule has 0 N–H and O–H groups in total. The van der Waals surface area contributed by atoms with E-state index in [9.17, 15) is 4.57 Å². The van der Waals surface area contributed by atoms with Gasteiger partial charge in [-0.05, 0) is 23.6 Å². The van der Waals surface area contributed by atoms with Crippen LogP contribution < -0.4 is 0 Å². The predicted octanol–water partition coefficient (Wildman–Crippen LogP) is 3.73. The molecular formula is C9H11BrO2P+. The third-order valence-corrected chi connectivity index (χ3v) is 3.20. The number of rotatable bonds is 4. The molecule has 0 saturated carbocycles. The molecule has 0 heterocycles. The van der Waals surface area contributed by atoms with Crippen LogP contribution in [0.4, 0.5) is 0 Å². The van der Waals surface area contributed by atoms with Crippen molar-refractivity contribution < 1.29 is 9.09 Å². The minimum absolute atomic E-state index is 0.496. The van der Waals surface area contributed by atoms with Crippen LogP contribution in [0.1, 0.15) is 12.5 Å². The van der Waals surface area contributed by atoms with E-state index in [2.05, 4.69) is 15.9 Å². The maximum Gasteiger partial charge on any atom is 0.512 e. The molecule has 0 aliphatic heterocycles. The van der Waals surface area contributed by atoms with Crippen LogP contribution in [0.15, 0.2) is 28.7 Å². The monoisotopic (exact) mass is 261 g/mol. The average Bonchev–Trinajstić information content (AvgIpc) is 2.09. The van der Waals surface area contributed by atoms with Gasteiger partial charge in [-0.1, -0.05) is 28.1 Å². The highest BCUT2D eigenvalue weighted by Crippen LogP contribution is 2.28. The molecule has 13 heavy (non-hydrogen) atoms. The van der Waals surface area contributed by atoms with Crippen LogP contribution in [0.2, 0.25) is 0 Å². The van der Waals surface area contributed by atoms with Crippen molar-refractivity contribution in [2.45, 2.75) is 13.1 Å². The molecule has 2 nitrogen and oxygen atoms in total. The van der Waals surface area contributed by atoms with Gasteiger partial charge in [0.15, 0.2) is 0 Å². The van der Waals surface area contributed by atoms with E-state index in [1.165, 1.54) is 0 Å². The second-order valence-electron chi connectivity index (χ2n) is 2.54.